The zero-order valence-corrected chi connectivity index (χ0v) is 18.1. The summed E-state index contributed by atoms with van der Waals surface area (Å²) in [7, 11) is -3.86. The first-order chi connectivity index (χ1) is 13.6. The number of carbonyl (C=O) groups excluding carboxylic acids is 2. The third-order valence-electron chi connectivity index (χ3n) is 4.98. The molecule has 1 atom stereocenters. The van der Waals surface area contributed by atoms with Crippen molar-refractivity contribution in [1.82, 2.24) is 4.90 Å². The first-order valence-corrected chi connectivity index (χ1v) is 11.1. The van der Waals surface area contributed by atoms with Gasteiger partial charge in [0.15, 0.2) is 6.10 Å². The predicted octanol–water partition coefficient (Wildman–Crippen LogP) is 2.93. The van der Waals surface area contributed by atoms with E-state index in [2.05, 4.69) is 0 Å². The summed E-state index contributed by atoms with van der Waals surface area (Å²) in [4.78, 5) is 27.0. The summed E-state index contributed by atoms with van der Waals surface area (Å²) in [5, 5.41) is 1.38. The van der Waals surface area contributed by atoms with Crippen molar-refractivity contribution in [2.75, 3.05) is 10.8 Å². The summed E-state index contributed by atoms with van der Waals surface area (Å²) >= 11 is 0. The van der Waals surface area contributed by atoms with E-state index >= 15 is 0 Å². The number of anilines is 1. The highest BCUT2D eigenvalue weighted by Gasteiger charge is 2.37. The third-order valence-corrected chi connectivity index (χ3v) is 6.78. The molecule has 0 unspecified atom stereocenters. The Labute approximate surface area is 171 Å². The number of benzene rings is 2. The van der Waals surface area contributed by atoms with Crippen LogP contribution in [-0.4, -0.2) is 49.9 Å². The van der Waals surface area contributed by atoms with Gasteiger partial charge >= 0.3 is 5.97 Å². The number of hydrogen-bond donors (Lipinski definition) is 0. The van der Waals surface area contributed by atoms with Crippen LogP contribution in [0.5, 0.6) is 0 Å². The summed E-state index contributed by atoms with van der Waals surface area (Å²) in [5.74, 6) is -1.08. The van der Waals surface area contributed by atoms with Crippen molar-refractivity contribution < 1.29 is 22.7 Å². The molecule has 0 saturated heterocycles. The zero-order valence-electron chi connectivity index (χ0n) is 17.2. The van der Waals surface area contributed by atoms with E-state index in [0.29, 0.717) is 11.1 Å². The van der Waals surface area contributed by atoms with Crippen LogP contribution < -0.4 is 4.31 Å². The van der Waals surface area contributed by atoms with Gasteiger partial charge in [-0.05, 0) is 52.1 Å². The van der Waals surface area contributed by atoms with Crippen LogP contribution in [0, 0.1) is 0 Å². The predicted molar refractivity (Wildman–Crippen MR) is 111 cm³/mol. The fraction of sp³-hybridized carbons (Fsp3) is 0.429. The number of nitrogens with zero attached hydrogens (tertiary/aromatic N) is 2. The van der Waals surface area contributed by atoms with Crippen molar-refractivity contribution in [3.63, 3.8) is 0 Å². The van der Waals surface area contributed by atoms with E-state index in [4.69, 9.17) is 4.74 Å². The molecule has 7 nitrogen and oxygen atoms in total. The second-order valence-electron chi connectivity index (χ2n) is 7.71. The number of carbonyl (C=O) groups is 2. The molecule has 0 fully saturated rings. The molecule has 0 aliphatic carbocycles. The van der Waals surface area contributed by atoms with Crippen molar-refractivity contribution in [3.8, 4) is 0 Å². The van der Waals surface area contributed by atoms with Crippen LogP contribution in [0.15, 0.2) is 41.3 Å². The molecular formula is C21H26N2O5S. The molecule has 3 rings (SSSR count). The summed E-state index contributed by atoms with van der Waals surface area (Å²) < 4.78 is 32.3. The topological polar surface area (TPSA) is 84.0 Å². The van der Waals surface area contributed by atoms with Crippen molar-refractivity contribution >= 4 is 38.4 Å². The Balaban J connectivity index is 1.80. The number of amides is 1. The van der Waals surface area contributed by atoms with E-state index in [1.165, 1.54) is 13.0 Å². The van der Waals surface area contributed by atoms with Crippen LogP contribution in [0.25, 0.3) is 10.8 Å². The minimum atomic E-state index is -3.86. The number of ether oxygens (including phenoxy) is 1. The largest absolute Gasteiger partial charge is 0.451 e. The van der Waals surface area contributed by atoms with Gasteiger partial charge in [-0.1, -0.05) is 24.3 Å². The smallest absolute Gasteiger partial charge is 0.327 e. The highest BCUT2D eigenvalue weighted by Crippen LogP contribution is 2.41. The molecule has 29 heavy (non-hydrogen) atoms. The molecule has 0 N–H and O–H groups in total. The Morgan fingerprint density at radius 1 is 1.00 bits per heavy atom. The first-order valence-electron chi connectivity index (χ1n) is 9.61. The van der Waals surface area contributed by atoms with Gasteiger partial charge in [-0.25, -0.2) is 8.42 Å². The molecule has 0 bridgehead atoms. The van der Waals surface area contributed by atoms with Crippen LogP contribution in [-0.2, 0) is 24.3 Å². The minimum Gasteiger partial charge on any atom is -0.451 e. The molecular weight excluding hydrogens is 392 g/mol. The van der Waals surface area contributed by atoms with Crippen LogP contribution in [0.3, 0.4) is 0 Å². The van der Waals surface area contributed by atoms with Gasteiger partial charge in [0.1, 0.15) is 6.54 Å². The molecule has 0 radical (unpaired) electrons. The Bertz CT molecular complexity index is 1050. The van der Waals surface area contributed by atoms with E-state index in [1.807, 2.05) is 39.8 Å². The van der Waals surface area contributed by atoms with E-state index in [0.717, 1.165) is 9.69 Å². The van der Waals surface area contributed by atoms with E-state index in [-0.39, 0.29) is 22.9 Å². The van der Waals surface area contributed by atoms with Crippen LogP contribution in [0.1, 0.15) is 34.6 Å². The van der Waals surface area contributed by atoms with Gasteiger partial charge < -0.3 is 9.64 Å². The quantitative estimate of drug-likeness (QED) is 0.674. The molecule has 0 aromatic heterocycles. The van der Waals surface area contributed by atoms with E-state index in [1.54, 1.807) is 23.1 Å². The van der Waals surface area contributed by atoms with Gasteiger partial charge in [0, 0.05) is 17.5 Å². The standard InChI is InChI=1S/C21H26N2O5S/c1-13(2)23(14(3)4)21(25)15(5)28-19(24)12-22-17-10-6-8-16-9-7-11-18(20(16)17)29(22,26)27/h6-11,13-15H,12H2,1-5H3/t15-/m0/s1. The number of hydrogen-bond acceptors (Lipinski definition) is 5. The average molecular weight is 419 g/mol. The molecule has 1 aliphatic heterocycles. The normalized spacial score (nSPS) is 15.8. The maximum absolute atomic E-state index is 12.9. The molecule has 8 heteroatoms. The van der Waals surface area contributed by atoms with Crippen molar-refractivity contribution in [2.24, 2.45) is 0 Å². The minimum absolute atomic E-state index is 0.0466. The summed E-state index contributed by atoms with van der Waals surface area (Å²) in [6.45, 7) is 8.58. The zero-order chi connectivity index (χ0) is 21.5. The van der Waals surface area contributed by atoms with Crippen molar-refractivity contribution in [1.29, 1.82) is 0 Å². The van der Waals surface area contributed by atoms with Gasteiger partial charge in [-0.2, -0.15) is 0 Å². The second-order valence-corrected chi connectivity index (χ2v) is 9.54. The SMILES string of the molecule is CC(C)N(C(=O)[C@H](C)OC(=O)CN1c2cccc3cccc(c23)S1(=O)=O)C(C)C. The Morgan fingerprint density at radius 3 is 2.17 bits per heavy atom. The van der Waals surface area contributed by atoms with Gasteiger partial charge in [0.25, 0.3) is 15.9 Å². The molecule has 0 spiro atoms. The van der Waals surface area contributed by atoms with Gasteiger partial charge in [-0.15, -0.1) is 0 Å². The highest BCUT2D eigenvalue weighted by atomic mass is 32.2. The lowest BCUT2D eigenvalue weighted by Crippen LogP contribution is -2.48. The molecule has 1 amide bonds. The maximum Gasteiger partial charge on any atom is 0.327 e. The fourth-order valence-corrected chi connectivity index (χ4v) is 5.50. The van der Waals surface area contributed by atoms with Crippen LogP contribution in [0.2, 0.25) is 0 Å². The molecule has 0 saturated carbocycles. The molecule has 1 heterocycles. The summed E-state index contributed by atoms with van der Waals surface area (Å²) in [6.07, 6.45) is -1.00. The monoisotopic (exact) mass is 418 g/mol. The van der Waals surface area contributed by atoms with E-state index in [9.17, 15) is 18.0 Å². The number of sulfonamides is 1. The Hall–Kier alpha value is -2.61. The first kappa shape index (κ1) is 21.1. The van der Waals surface area contributed by atoms with Crippen molar-refractivity contribution in [3.05, 3.63) is 36.4 Å². The number of esters is 1. The fourth-order valence-electron chi connectivity index (χ4n) is 3.85. The molecule has 156 valence electrons. The Kier molecular flexibility index (Phi) is 5.58. The lowest BCUT2D eigenvalue weighted by molar-refractivity contribution is -0.159. The molecule has 2 aromatic carbocycles. The van der Waals surface area contributed by atoms with Gasteiger partial charge in [-0.3, -0.25) is 13.9 Å². The average Bonchev–Trinajstić information content (AvgIpc) is 2.84. The van der Waals surface area contributed by atoms with Gasteiger partial charge in [0.05, 0.1) is 10.6 Å². The summed E-state index contributed by atoms with van der Waals surface area (Å²) in [6, 6.07) is 10.2. The Morgan fingerprint density at radius 2 is 1.59 bits per heavy atom. The number of rotatable bonds is 6. The third kappa shape index (κ3) is 3.69. The van der Waals surface area contributed by atoms with Gasteiger partial charge in [0.2, 0.25) is 0 Å². The highest BCUT2D eigenvalue weighted by molar-refractivity contribution is 7.93. The second kappa shape index (κ2) is 7.67. The lowest BCUT2D eigenvalue weighted by Gasteiger charge is -2.32. The summed E-state index contributed by atoms with van der Waals surface area (Å²) in [5.41, 5.74) is 0.444. The van der Waals surface area contributed by atoms with Crippen LogP contribution in [0.4, 0.5) is 5.69 Å². The van der Waals surface area contributed by atoms with Crippen LogP contribution >= 0.6 is 0 Å². The lowest BCUT2D eigenvalue weighted by atomic mass is 10.1. The maximum atomic E-state index is 12.9. The van der Waals surface area contributed by atoms with Crippen molar-refractivity contribution in [2.45, 2.75) is 57.7 Å². The van der Waals surface area contributed by atoms with E-state index < -0.39 is 28.6 Å². The molecule has 1 aliphatic rings. The molecule has 2 aromatic rings.